The Kier molecular flexibility index (Phi) is 9.15. The highest BCUT2D eigenvalue weighted by Crippen LogP contribution is 2.28. The van der Waals surface area contributed by atoms with Crippen LogP contribution in [0.15, 0.2) is 60.9 Å². The van der Waals surface area contributed by atoms with Crippen LogP contribution in [0.4, 0.5) is 19.3 Å². The number of benzene rings is 2. The molecule has 2 aromatic carbocycles. The van der Waals surface area contributed by atoms with E-state index >= 15 is 0 Å². The summed E-state index contributed by atoms with van der Waals surface area (Å²) in [6.07, 6.45) is 5.95. The Labute approximate surface area is 248 Å². The fourth-order valence-electron chi connectivity index (χ4n) is 5.67. The second-order valence-corrected chi connectivity index (χ2v) is 11.1. The van der Waals surface area contributed by atoms with E-state index in [1.54, 1.807) is 6.20 Å². The summed E-state index contributed by atoms with van der Waals surface area (Å²) in [5.41, 5.74) is 3.01. The number of hydrogen-bond acceptors (Lipinski definition) is 6. The highest BCUT2D eigenvalue weighted by atomic mass is 19.1. The van der Waals surface area contributed by atoms with Crippen LogP contribution in [0.3, 0.4) is 0 Å². The van der Waals surface area contributed by atoms with Crippen LogP contribution in [0.2, 0.25) is 0 Å². The van der Waals surface area contributed by atoms with Gasteiger partial charge in [-0.2, -0.15) is 0 Å². The first-order chi connectivity index (χ1) is 20.7. The molecule has 226 valence electrons. The van der Waals surface area contributed by atoms with E-state index in [4.69, 9.17) is 0 Å². The summed E-state index contributed by atoms with van der Waals surface area (Å²) in [5, 5.41) is 5.34. The number of hydrogen-bond donors (Lipinski definition) is 2. The summed E-state index contributed by atoms with van der Waals surface area (Å²) in [5.74, 6) is -1.57. The number of nitrogens with one attached hydrogen (secondary N) is 2. The molecule has 0 atom stereocenters. The topological polar surface area (TPSA) is 105 Å². The van der Waals surface area contributed by atoms with E-state index in [1.165, 1.54) is 24.4 Å². The number of para-hydroxylation sites is 1. The zero-order valence-corrected chi connectivity index (χ0v) is 23.9. The number of urea groups is 1. The van der Waals surface area contributed by atoms with E-state index < -0.39 is 11.6 Å². The lowest BCUT2D eigenvalue weighted by Gasteiger charge is -2.41. The molecule has 0 saturated carbocycles. The molecule has 10 nitrogen and oxygen atoms in total. The molecule has 0 bridgehead atoms. The van der Waals surface area contributed by atoms with Crippen molar-refractivity contribution in [1.29, 1.82) is 0 Å². The smallest absolute Gasteiger partial charge is 0.322 e. The predicted octanol–water partition coefficient (Wildman–Crippen LogP) is 3.14. The highest BCUT2D eigenvalue weighted by molar-refractivity contribution is 6.06. The average Bonchev–Trinajstić information content (AvgIpc) is 2.97. The number of likely N-dealkylation sites (N-methyl/N-ethyl adjacent to an activating group) is 1. The highest BCUT2D eigenvalue weighted by Gasteiger charge is 2.33. The molecule has 0 radical (unpaired) electrons. The van der Waals surface area contributed by atoms with Gasteiger partial charge < -0.3 is 25.3 Å². The van der Waals surface area contributed by atoms with Crippen molar-refractivity contribution in [2.24, 2.45) is 0 Å². The van der Waals surface area contributed by atoms with Gasteiger partial charge in [0.1, 0.15) is 11.6 Å². The Balaban J connectivity index is 0.000000400. The molecule has 4 amide bonds. The normalized spacial score (nSPS) is 19.2. The molecule has 0 spiro atoms. The van der Waals surface area contributed by atoms with Crippen LogP contribution in [0, 0.1) is 11.6 Å². The third kappa shape index (κ3) is 7.44. The quantitative estimate of drug-likeness (QED) is 0.529. The molecule has 0 unspecified atom stereocenters. The number of allylic oxidation sites excluding steroid dienone is 1. The second-order valence-electron chi connectivity index (χ2n) is 11.1. The zero-order chi connectivity index (χ0) is 30.5. The molecule has 4 heterocycles. The van der Waals surface area contributed by atoms with Gasteiger partial charge in [0, 0.05) is 61.9 Å². The third-order valence-electron chi connectivity index (χ3n) is 7.78. The van der Waals surface area contributed by atoms with Crippen molar-refractivity contribution >= 4 is 34.9 Å². The SMILES string of the molecule is CN1CC(c2ccc(F)cc2F)=CN(CC(=O)N2CCC(N3Cc4ccccc4NC3=O)CC2)C1.O=C1C=CNC(=O)C1. The van der Waals surface area contributed by atoms with Gasteiger partial charge in [-0.1, -0.05) is 18.2 Å². The Hall–Kier alpha value is -4.58. The molecule has 1 saturated heterocycles. The van der Waals surface area contributed by atoms with Gasteiger partial charge in [0.2, 0.25) is 11.8 Å². The van der Waals surface area contributed by atoms with Gasteiger partial charge >= 0.3 is 6.03 Å². The Morgan fingerprint density at radius 3 is 2.49 bits per heavy atom. The third-order valence-corrected chi connectivity index (χ3v) is 7.78. The average molecular weight is 593 g/mol. The molecule has 6 rings (SSSR count). The molecular weight excluding hydrogens is 558 g/mol. The van der Waals surface area contributed by atoms with Gasteiger partial charge in [0.15, 0.2) is 5.78 Å². The van der Waals surface area contributed by atoms with E-state index in [1.807, 2.05) is 50.9 Å². The summed E-state index contributed by atoms with van der Waals surface area (Å²) in [7, 11) is 1.90. The minimum absolute atomic E-state index is 0.00219. The van der Waals surface area contributed by atoms with Gasteiger partial charge in [-0.25, -0.2) is 13.6 Å². The lowest BCUT2D eigenvalue weighted by Crippen LogP contribution is -2.52. The summed E-state index contributed by atoms with van der Waals surface area (Å²) >= 11 is 0. The van der Waals surface area contributed by atoms with Gasteiger partial charge in [0.25, 0.3) is 0 Å². The molecule has 43 heavy (non-hydrogen) atoms. The number of amides is 4. The van der Waals surface area contributed by atoms with Crippen LogP contribution in [0.1, 0.15) is 30.4 Å². The largest absolute Gasteiger partial charge is 0.355 e. The van der Waals surface area contributed by atoms with Crippen LogP contribution >= 0.6 is 0 Å². The Bertz CT molecular complexity index is 1470. The van der Waals surface area contributed by atoms with Gasteiger partial charge in [0.05, 0.1) is 19.6 Å². The fourth-order valence-corrected chi connectivity index (χ4v) is 5.67. The number of nitrogens with zero attached hydrogens (tertiary/aromatic N) is 4. The molecule has 0 aliphatic carbocycles. The van der Waals surface area contributed by atoms with Crippen molar-refractivity contribution in [2.45, 2.75) is 31.8 Å². The van der Waals surface area contributed by atoms with Crippen molar-refractivity contribution in [3.63, 3.8) is 0 Å². The molecule has 2 aromatic rings. The Morgan fingerprint density at radius 2 is 1.79 bits per heavy atom. The molecule has 4 aliphatic rings. The lowest BCUT2D eigenvalue weighted by molar-refractivity contribution is -0.133. The molecule has 12 heteroatoms. The molecule has 0 aromatic heterocycles. The molecule has 2 N–H and O–H groups in total. The van der Waals surface area contributed by atoms with E-state index in [-0.39, 0.29) is 42.6 Å². The van der Waals surface area contributed by atoms with Crippen LogP contribution < -0.4 is 10.6 Å². The van der Waals surface area contributed by atoms with Crippen molar-refractivity contribution in [1.82, 2.24) is 24.9 Å². The van der Waals surface area contributed by atoms with Gasteiger partial charge in [-0.3, -0.25) is 19.3 Å². The van der Waals surface area contributed by atoms with E-state index in [9.17, 15) is 28.0 Å². The summed E-state index contributed by atoms with van der Waals surface area (Å²) < 4.78 is 27.6. The number of likely N-dealkylation sites (tertiary alicyclic amines) is 1. The van der Waals surface area contributed by atoms with Crippen LogP contribution in [-0.4, -0.2) is 89.2 Å². The first-order valence-corrected chi connectivity index (χ1v) is 14.2. The number of anilines is 1. The number of piperidine rings is 1. The van der Waals surface area contributed by atoms with E-state index in [0.29, 0.717) is 44.0 Å². The van der Waals surface area contributed by atoms with Crippen LogP contribution in [0.25, 0.3) is 5.57 Å². The zero-order valence-electron chi connectivity index (χ0n) is 23.9. The molecule has 1 fully saturated rings. The van der Waals surface area contributed by atoms with Gasteiger partial charge in [-0.05, 0) is 55.3 Å². The van der Waals surface area contributed by atoms with Crippen molar-refractivity contribution in [3.8, 4) is 0 Å². The number of ketones is 1. The van der Waals surface area contributed by atoms with Crippen LogP contribution in [0.5, 0.6) is 0 Å². The fraction of sp³-hybridized carbons (Fsp3) is 0.355. The van der Waals surface area contributed by atoms with E-state index in [0.717, 1.165) is 30.2 Å². The summed E-state index contributed by atoms with van der Waals surface area (Å²) in [4.78, 5) is 53.9. The monoisotopic (exact) mass is 592 g/mol. The lowest BCUT2D eigenvalue weighted by atomic mass is 10.0. The first-order valence-electron chi connectivity index (χ1n) is 14.2. The maximum Gasteiger partial charge on any atom is 0.322 e. The van der Waals surface area contributed by atoms with Crippen molar-refractivity contribution in [2.75, 3.05) is 45.2 Å². The first kappa shape index (κ1) is 29.9. The minimum Gasteiger partial charge on any atom is -0.355 e. The maximum atomic E-state index is 14.3. The number of carbonyl (C=O) groups excluding carboxylic acids is 4. The second kappa shape index (κ2) is 13.2. The maximum absolute atomic E-state index is 14.3. The van der Waals surface area contributed by atoms with Gasteiger partial charge in [-0.15, -0.1) is 0 Å². The summed E-state index contributed by atoms with van der Waals surface area (Å²) in [6.45, 7) is 2.98. The summed E-state index contributed by atoms with van der Waals surface area (Å²) in [6, 6.07) is 11.4. The standard InChI is InChI=1S/C26H29F2N5O2.C5H5NO2/c1-30-13-19(22-7-6-20(27)12-23(22)28)14-31(17-30)16-25(34)32-10-8-21(9-11-32)33-15-18-4-2-3-5-24(18)29-26(33)35;7-4-1-2-6-5(8)3-4/h2-7,12,14,21H,8-11,13,15-17H2,1H3,(H,29,35);1-2H,3H2,(H,6,8). The van der Waals surface area contributed by atoms with Crippen molar-refractivity contribution in [3.05, 3.63) is 83.7 Å². The predicted molar refractivity (Wildman–Crippen MR) is 156 cm³/mol. The molecule has 4 aliphatic heterocycles. The molecular formula is C31H34F2N6O4. The number of fused-ring (bicyclic) bond motifs is 1. The number of carbonyl (C=O) groups is 4. The number of halogens is 2. The van der Waals surface area contributed by atoms with Crippen molar-refractivity contribution < 1.29 is 28.0 Å². The van der Waals surface area contributed by atoms with Crippen LogP contribution in [-0.2, 0) is 20.9 Å². The Morgan fingerprint density at radius 1 is 1.02 bits per heavy atom. The minimum atomic E-state index is -0.613. The van der Waals surface area contributed by atoms with E-state index in [2.05, 4.69) is 10.6 Å². The number of rotatable bonds is 4.